The van der Waals surface area contributed by atoms with Crippen LogP contribution in [0.25, 0.3) is 0 Å². The summed E-state index contributed by atoms with van der Waals surface area (Å²) in [6.07, 6.45) is 1.16. The van der Waals surface area contributed by atoms with Gasteiger partial charge in [-0.3, -0.25) is 5.43 Å². The molecular weight excluding hydrogens is 272 g/mol. The van der Waals surface area contributed by atoms with E-state index in [9.17, 15) is 8.42 Å². The molecule has 0 aromatic carbocycles. The number of hydrogen-bond acceptors (Lipinski definition) is 9. The minimum Gasteiger partial charge on any atom is -0.464 e. The van der Waals surface area contributed by atoms with Gasteiger partial charge in [-0.2, -0.15) is 15.0 Å². The van der Waals surface area contributed by atoms with Crippen molar-refractivity contribution < 1.29 is 13.2 Å². The minimum atomic E-state index is -3.08. The fourth-order valence-electron chi connectivity index (χ4n) is 1.40. The topological polar surface area (TPSA) is 132 Å². The number of nitrogens with zero attached hydrogens (tertiary/aromatic N) is 3. The number of sulfone groups is 1. The van der Waals surface area contributed by atoms with E-state index in [1.54, 1.807) is 13.8 Å². The Morgan fingerprint density at radius 3 is 2.47 bits per heavy atom. The lowest BCUT2D eigenvalue weighted by atomic mass is 10.4. The van der Waals surface area contributed by atoms with Crippen LogP contribution in [0.5, 0.6) is 6.01 Å². The first kappa shape index (κ1) is 15.4. The number of nitrogens with two attached hydrogens (primary N) is 1. The van der Waals surface area contributed by atoms with Gasteiger partial charge in [0.25, 0.3) is 0 Å². The molecule has 19 heavy (non-hydrogen) atoms. The van der Waals surface area contributed by atoms with Gasteiger partial charge in [0, 0.05) is 12.3 Å². The second kappa shape index (κ2) is 6.48. The van der Waals surface area contributed by atoms with Crippen LogP contribution in [0.4, 0.5) is 11.9 Å². The number of anilines is 2. The van der Waals surface area contributed by atoms with Crippen LogP contribution < -0.4 is 21.3 Å². The molecule has 1 heterocycles. The summed E-state index contributed by atoms with van der Waals surface area (Å²) < 4.78 is 27.5. The fourth-order valence-corrected chi connectivity index (χ4v) is 2.39. The largest absolute Gasteiger partial charge is 0.464 e. The molecule has 0 aliphatic heterocycles. The molecule has 1 aromatic heterocycles. The van der Waals surface area contributed by atoms with Gasteiger partial charge in [-0.1, -0.05) is 0 Å². The highest BCUT2D eigenvalue weighted by Gasteiger charge is 2.13. The summed E-state index contributed by atoms with van der Waals surface area (Å²) >= 11 is 0. The maximum absolute atomic E-state index is 11.2. The zero-order chi connectivity index (χ0) is 14.5. The quantitative estimate of drug-likeness (QED) is 0.444. The summed E-state index contributed by atoms with van der Waals surface area (Å²) in [6.45, 7) is 3.89. The molecule has 1 atom stereocenters. The maximum Gasteiger partial charge on any atom is 0.323 e. The first-order chi connectivity index (χ1) is 8.84. The number of ether oxygens (including phenoxy) is 1. The standard InChI is InChI=1S/C9H18N6O3S/c1-4-18-9-13-7(12-8(14-9)15-10)11-6(2)5-19(3,16)17/h6H,4-5,10H2,1-3H3,(H2,11,12,13,14,15). The molecule has 1 aromatic rings. The number of nitrogens with one attached hydrogen (secondary N) is 2. The van der Waals surface area contributed by atoms with Crippen molar-refractivity contribution in [2.75, 3.05) is 29.4 Å². The smallest absolute Gasteiger partial charge is 0.323 e. The first-order valence-electron chi connectivity index (χ1n) is 5.63. The van der Waals surface area contributed by atoms with Crippen LogP contribution in [0.3, 0.4) is 0 Å². The van der Waals surface area contributed by atoms with Crippen LogP contribution in [0.2, 0.25) is 0 Å². The summed E-state index contributed by atoms with van der Waals surface area (Å²) in [7, 11) is -3.08. The third-order valence-electron chi connectivity index (χ3n) is 1.95. The number of rotatable bonds is 7. The molecule has 0 amide bonds. The molecular formula is C9H18N6O3S. The fraction of sp³-hybridized carbons (Fsp3) is 0.667. The van der Waals surface area contributed by atoms with Crippen molar-refractivity contribution in [2.45, 2.75) is 19.9 Å². The minimum absolute atomic E-state index is 0.0337. The molecule has 108 valence electrons. The van der Waals surface area contributed by atoms with Gasteiger partial charge in [0.15, 0.2) is 0 Å². The predicted octanol–water partition coefficient (Wildman–Crippen LogP) is -0.599. The normalized spacial score (nSPS) is 12.8. The number of aromatic nitrogens is 3. The van der Waals surface area contributed by atoms with Gasteiger partial charge in [0.1, 0.15) is 9.84 Å². The van der Waals surface area contributed by atoms with E-state index in [4.69, 9.17) is 10.6 Å². The molecule has 0 fully saturated rings. The van der Waals surface area contributed by atoms with E-state index in [-0.39, 0.29) is 29.7 Å². The first-order valence-corrected chi connectivity index (χ1v) is 7.70. The van der Waals surface area contributed by atoms with Gasteiger partial charge in [0.05, 0.1) is 12.4 Å². The Kier molecular flexibility index (Phi) is 5.24. The van der Waals surface area contributed by atoms with Gasteiger partial charge in [-0.25, -0.2) is 14.3 Å². The summed E-state index contributed by atoms with van der Waals surface area (Å²) in [5, 5.41) is 2.85. The molecule has 0 aliphatic carbocycles. The van der Waals surface area contributed by atoms with E-state index in [1.165, 1.54) is 0 Å². The zero-order valence-electron chi connectivity index (χ0n) is 11.0. The van der Waals surface area contributed by atoms with Crippen molar-refractivity contribution in [1.82, 2.24) is 15.0 Å². The summed E-state index contributed by atoms with van der Waals surface area (Å²) in [5.41, 5.74) is 2.29. The summed E-state index contributed by atoms with van der Waals surface area (Å²) in [5.74, 6) is 5.53. The molecule has 10 heteroatoms. The Morgan fingerprint density at radius 2 is 1.95 bits per heavy atom. The van der Waals surface area contributed by atoms with Crippen LogP contribution in [-0.4, -0.2) is 48.0 Å². The number of hydrazine groups is 1. The molecule has 1 rings (SSSR count). The lowest BCUT2D eigenvalue weighted by Gasteiger charge is -2.13. The molecule has 0 spiro atoms. The number of hydrogen-bond donors (Lipinski definition) is 3. The van der Waals surface area contributed by atoms with Gasteiger partial charge in [-0.05, 0) is 13.8 Å². The van der Waals surface area contributed by atoms with E-state index < -0.39 is 9.84 Å². The lowest BCUT2D eigenvalue weighted by molar-refractivity contribution is 0.312. The third kappa shape index (κ3) is 5.66. The highest BCUT2D eigenvalue weighted by atomic mass is 32.2. The van der Waals surface area contributed by atoms with Crippen molar-refractivity contribution in [3.8, 4) is 6.01 Å². The van der Waals surface area contributed by atoms with Crippen molar-refractivity contribution in [3.05, 3.63) is 0 Å². The Labute approximate surface area is 111 Å². The summed E-state index contributed by atoms with van der Waals surface area (Å²) in [6, 6.07) is -0.239. The average Bonchev–Trinajstić information content (AvgIpc) is 2.26. The molecule has 0 saturated carbocycles. The van der Waals surface area contributed by atoms with Crippen molar-refractivity contribution in [2.24, 2.45) is 5.84 Å². The van der Waals surface area contributed by atoms with Gasteiger partial charge in [-0.15, -0.1) is 0 Å². The Bertz CT molecular complexity index is 521. The van der Waals surface area contributed by atoms with Crippen LogP contribution in [0.15, 0.2) is 0 Å². The summed E-state index contributed by atoms with van der Waals surface area (Å²) in [4.78, 5) is 11.8. The SMILES string of the molecule is CCOc1nc(NN)nc(NC(C)CS(C)(=O)=O)n1. The zero-order valence-corrected chi connectivity index (χ0v) is 11.9. The second-order valence-corrected chi connectivity index (χ2v) is 6.17. The molecule has 0 bridgehead atoms. The Hall–Kier alpha value is -1.68. The van der Waals surface area contributed by atoms with E-state index in [1.807, 2.05) is 0 Å². The van der Waals surface area contributed by atoms with E-state index in [2.05, 4.69) is 25.7 Å². The number of nitrogen functional groups attached to an aromatic ring is 1. The van der Waals surface area contributed by atoms with Gasteiger partial charge in [0.2, 0.25) is 11.9 Å². The highest BCUT2D eigenvalue weighted by molar-refractivity contribution is 7.90. The van der Waals surface area contributed by atoms with E-state index in [0.29, 0.717) is 6.61 Å². The van der Waals surface area contributed by atoms with E-state index >= 15 is 0 Å². The molecule has 0 radical (unpaired) electrons. The van der Waals surface area contributed by atoms with Crippen molar-refractivity contribution >= 4 is 21.7 Å². The third-order valence-corrected chi connectivity index (χ3v) is 3.05. The van der Waals surface area contributed by atoms with Crippen molar-refractivity contribution in [1.29, 1.82) is 0 Å². The molecule has 0 saturated heterocycles. The highest BCUT2D eigenvalue weighted by Crippen LogP contribution is 2.11. The maximum atomic E-state index is 11.2. The molecule has 0 aliphatic rings. The van der Waals surface area contributed by atoms with Crippen molar-refractivity contribution in [3.63, 3.8) is 0 Å². The van der Waals surface area contributed by atoms with Crippen LogP contribution in [0, 0.1) is 0 Å². The molecule has 9 nitrogen and oxygen atoms in total. The monoisotopic (exact) mass is 290 g/mol. The van der Waals surface area contributed by atoms with Crippen LogP contribution in [-0.2, 0) is 9.84 Å². The molecule has 4 N–H and O–H groups in total. The predicted molar refractivity (Wildman–Crippen MR) is 71.6 cm³/mol. The van der Waals surface area contributed by atoms with E-state index in [0.717, 1.165) is 6.26 Å². The second-order valence-electron chi connectivity index (χ2n) is 3.98. The van der Waals surface area contributed by atoms with Crippen LogP contribution >= 0.6 is 0 Å². The Balaban J connectivity index is 2.84. The lowest BCUT2D eigenvalue weighted by Crippen LogP contribution is -2.26. The van der Waals surface area contributed by atoms with Gasteiger partial charge >= 0.3 is 6.01 Å². The van der Waals surface area contributed by atoms with Gasteiger partial charge < -0.3 is 10.1 Å². The molecule has 1 unspecified atom stereocenters. The van der Waals surface area contributed by atoms with Crippen LogP contribution in [0.1, 0.15) is 13.8 Å². The Morgan fingerprint density at radius 1 is 1.32 bits per heavy atom. The average molecular weight is 290 g/mol.